The van der Waals surface area contributed by atoms with Crippen molar-refractivity contribution in [1.29, 1.82) is 0 Å². The lowest BCUT2D eigenvalue weighted by molar-refractivity contribution is 0.285. The van der Waals surface area contributed by atoms with E-state index in [4.69, 9.17) is 4.74 Å². The largest absolute Gasteiger partial charge is 0.484 e. The quantitative estimate of drug-likeness (QED) is 0.790. The second-order valence-corrected chi connectivity index (χ2v) is 5.00. The van der Waals surface area contributed by atoms with Crippen LogP contribution < -0.4 is 10.1 Å². The van der Waals surface area contributed by atoms with Crippen LogP contribution in [-0.4, -0.2) is 11.5 Å². The predicted molar refractivity (Wildman–Crippen MR) is 81.7 cm³/mol. The van der Waals surface area contributed by atoms with Crippen LogP contribution in [0.5, 0.6) is 5.75 Å². The molecule has 1 N–H and O–H groups in total. The van der Waals surface area contributed by atoms with Crippen LogP contribution >= 0.6 is 0 Å². The van der Waals surface area contributed by atoms with E-state index in [1.165, 1.54) is 6.07 Å². The molecule has 1 aromatic heterocycles. The normalized spacial score (nSPS) is 10.6. The molecule has 1 aromatic carbocycles. The Morgan fingerprint density at radius 1 is 1.24 bits per heavy atom. The van der Waals surface area contributed by atoms with Crippen molar-refractivity contribution < 1.29 is 9.13 Å². The number of halogens is 1. The van der Waals surface area contributed by atoms with Crippen LogP contribution in [0.1, 0.15) is 30.3 Å². The minimum absolute atomic E-state index is 0.262. The number of nitrogens with one attached hydrogen (secondary N) is 1. The molecule has 0 fully saturated rings. The number of hydrogen-bond acceptors (Lipinski definition) is 3. The van der Waals surface area contributed by atoms with Crippen LogP contribution in [0.2, 0.25) is 0 Å². The van der Waals surface area contributed by atoms with Crippen molar-refractivity contribution in [3.05, 3.63) is 59.2 Å². The Labute approximate surface area is 125 Å². The SMILES string of the molecule is CCCNCc1ccc(OCc2cccc(C)n2)c(F)c1. The lowest BCUT2D eigenvalue weighted by atomic mass is 10.2. The van der Waals surface area contributed by atoms with Crippen molar-refractivity contribution in [2.45, 2.75) is 33.4 Å². The van der Waals surface area contributed by atoms with Gasteiger partial charge in [0, 0.05) is 12.2 Å². The van der Waals surface area contributed by atoms with Crippen molar-refractivity contribution >= 4 is 0 Å². The summed E-state index contributed by atoms with van der Waals surface area (Å²) in [5, 5.41) is 3.24. The van der Waals surface area contributed by atoms with E-state index in [0.717, 1.165) is 29.9 Å². The first-order valence-electron chi connectivity index (χ1n) is 7.23. The van der Waals surface area contributed by atoms with Gasteiger partial charge in [-0.2, -0.15) is 0 Å². The van der Waals surface area contributed by atoms with Crippen molar-refractivity contribution in [2.75, 3.05) is 6.54 Å². The van der Waals surface area contributed by atoms with Crippen LogP contribution in [0.4, 0.5) is 4.39 Å². The highest BCUT2D eigenvalue weighted by Crippen LogP contribution is 2.19. The van der Waals surface area contributed by atoms with E-state index in [0.29, 0.717) is 6.54 Å². The fraction of sp³-hybridized carbons (Fsp3) is 0.353. The van der Waals surface area contributed by atoms with E-state index < -0.39 is 0 Å². The van der Waals surface area contributed by atoms with Crippen LogP contribution in [-0.2, 0) is 13.2 Å². The fourth-order valence-electron chi connectivity index (χ4n) is 2.01. The Morgan fingerprint density at radius 2 is 2.10 bits per heavy atom. The fourth-order valence-corrected chi connectivity index (χ4v) is 2.01. The molecule has 0 aliphatic heterocycles. The van der Waals surface area contributed by atoms with Gasteiger partial charge in [-0.25, -0.2) is 4.39 Å². The number of rotatable bonds is 7. The molecule has 0 atom stereocenters. The molecule has 4 heteroatoms. The Morgan fingerprint density at radius 3 is 2.81 bits per heavy atom. The summed E-state index contributed by atoms with van der Waals surface area (Å²) in [6, 6.07) is 10.8. The first-order chi connectivity index (χ1) is 10.2. The van der Waals surface area contributed by atoms with Crippen molar-refractivity contribution in [1.82, 2.24) is 10.3 Å². The third-order valence-corrected chi connectivity index (χ3v) is 3.07. The van der Waals surface area contributed by atoms with Gasteiger partial charge < -0.3 is 10.1 Å². The summed E-state index contributed by atoms with van der Waals surface area (Å²) in [7, 11) is 0. The molecule has 0 amide bonds. The van der Waals surface area contributed by atoms with Gasteiger partial charge in [-0.05, 0) is 49.7 Å². The van der Waals surface area contributed by atoms with Crippen LogP contribution in [0, 0.1) is 12.7 Å². The molecule has 112 valence electrons. The Bertz CT molecular complexity index is 587. The summed E-state index contributed by atoms with van der Waals surface area (Å²) in [6.07, 6.45) is 1.06. The Hall–Kier alpha value is -1.94. The first-order valence-corrected chi connectivity index (χ1v) is 7.23. The molecule has 0 saturated heterocycles. The zero-order chi connectivity index (χ0) is 15.1. The highest BCUT2D eigenvalue weighted by atomic mass is 19.1. The van der Waals surface area contributed by atoms with E-state index in [-0.39, 0.29) is 18.2 Å². The summed E-state index contributed by atoms with van der Waals surface area (Å²) >= 11 is 0. The molecule has 2 aromatic rings. The van der Waals surface area contributed by atoms with Gasteiger partial charge in [0.05, 0.1) is 5.69 Å². The topological polar surface area (TPSA) is 34.1 Å². The van der Waals surface area contributed by atoms with E-state index in [2.05, 4.69) is 17.2 Å². The highest BCUT2D eigenvalue weighted by molar-refractivity contribution is 5.29. The van der Waals surface area contributed by atoms with Crippen molar-refractivity contribution in [3.63, 3.8) is 0 Å². The summed E-state index contributed by atoms with van der Waals surface area (Å²) in [5.74, 6) is -0.0731. The van der Waals surface area contributed by atoms with Gasteiger partial charge in [0.1, 0.15) is 6.61 Å². The molecule has 0 bridgehead atoms. The molecule has 1 heterocycles. The monoisotopic (exact) mass is 288 g/mol. The molecule has 0 spiro atoms. The summed E-state index contributed by atoms with van der Waals surface area (Å²) in [6.45, 7) is 5.89. The van der Waals surface area contributed by atoms with Gasteiger partial charge >= 0.3 is 0 Å². The third-order valence-electron chi connectivity index (χ3n) is 3.07. The molecule has 0 aliphatic carbocycles. The average Bonchev–Trinajstić information content (AvgIpc) is 2.47. The van der Waals surface area contributed by atoms with Crippen molar-refractivity contribution in [3.8, 4) is 5.75 Å². The number of nitrogens with zero attached hydrogens (tertiary/aromatic N) is 1. The number of ether oxygens (including phenoxy) is 1. The van der Waals surface area contributed by atoms with Gasteiger partial charge in [0.25, 0.3) is 0 Å². The molecule has 2 rings (SSSR count). The maximum absolute atomic E-state index is 14.0. The van der Waals surface area contributed by atoms with E-state index in [9.17, 15) is 4.39 Å². The molecule has 0 radical (unpaired) electrons. The Kier molecular flexibility index (Phi) is 5.69. The second-order valence-electron chi connectivity index (χ2n) is 5.00. The van der Waals surface area contributed by atoms with Gasteiger partial charge in [0.2, 0.25) is 0 Å². The molecule has 3 nitrogen and oxygen atoms in total. The summed E-state index contributed by atoms with van der Waals surface area (Å²) in [4.78, 5) is 4.33. The van der Waals surface area contributed by atoms with Gasteiger partial charge in [-0.1, -0.05) is 19.1 Å². The zero-order valence-corrected chi connectivity index (χ0v) is 12.5. The van der Waals surface area contributed by atoms with Crippen LogP contribution in [0.15, 0.2) is 36.4 Å². The number of pyridine rings is 1. The maximum Gasteiger partial charge on any atom is 0.165 e. The average molecular weight is 288 g/mol. The van der Waals surface area contributed by atoms with Crippen molar-refractivity contribution in [2.24, 2.45) is 0 Å². The van der Waals surface area contributed by atoms with Gasteiger partial charge in [-0.15, -0.1) is 0 Å². The molecule has 0 unspecified atom stereocenters. The smallest absolute Gasteiger partial charge is 0.165 e. The highest BCUT2D eigenvalue weighted by Gasteiger charge is 2.06. The van der Waals surface area contributed by atoms with Crippen LogP contribution in [0.25, 0.3) is 0 Å². The minimum Gasteiger partial charge on any atom is -0.484 e. The second kappa shape index (κ2) is 7.74. The molecular formula is C17H21FN2O. The summed E-state index contributed by atoms with van der Waals surface area (Å²) < 4.78 is 19.5. The van der Waals surface area contributed by atoms with Crippen LogP contribution in [0.3, 0.4) is 0 Å². The zero-order valence-electron chi connectivity index (χ0n) is 12.5. The number of aromatic nitrogens is 1. The number of benzene rings is 1. The van der Waals surface area contributed by atoms with E-state index in [1.54, 1.807) is 6.07 Å². The predicted octanol–water partition coefficient (Wildman–Crippen LogP) is 3.61. The molecule has 0 aliphatic rings. The van der Waals surface area contributed by atoms with E-state index >= 15 is 0 Å². The minimum atomic E-state index is -0.335. The van der Waals surface area contributed by atoms with Gasteiger partial charge in [0.15, 0.2) is 11.6 Å². The van der Waals surface area contributed by atoms with Gasteiger partial charge in [-0.3, -0.25) is 4.98 Å². The molecular weight excluding hydrogens is 267 g/mol. The molecule has 0 saturated carbocycles. The van der Waals surface area contributed by atoms with E-state index in [1.807, 2.05) is 31.2 Å². The lowest BCUT2D eigenvalue weighted by Crippen LogP contribution is -2.13. The lowest BCUT2D eigenvalue weighted by Gasteiger charge is -2.09. The summed E-state index contributed by atoms with van der Waals surface area (Å²) in [5.41, 5.74) is 2.64. The maximum atomic E-state index is 14.0. The number of aryl methyl sites for hydroxylation is 1. The number of hydrogen-bond donors (Lipinski definition) is 1. The third kappa shape index (κ3) is 4.83. The first kappa shape index (κ1) is 15.4. The molecule has 21 heavy (non-hydrogen) atoms. The standard InChI is InChI=1S/C17H21FN2O/c1-3-9-19-11-14-7-8-17(16(18)10-14)21-12-15-6-4-5-13(2)20-15/h4-8,10,19H,3,9,11-12H2,1-2H3. The Balaban J connectivity index is 1.94.